The maximum Gasteiger partial charge on any atom is 0.414 e. The second kappa shape index (κ2) is 8.49. The summed E-state index contributed by atoms with van der Waals surface area (Å²) >= 11 is 0. The van der Waals surface area contributed by atoms with Gasteiger partial charge in [-0.15, -0.1) is 5.10 Å². The van der Waals surface area contributed by atoms with Crippen LogP contribution in [0.1, 0.15) is 25.6 Å². The Balaban J connectivity index is 1.55. The third-order valence-corrected chi connectivity index (χ3v) is 5.00. The van der Waals surface area contributed by atoms with Crippen LogP contribution >= 0.6 is 0 Å². The molecule has 3 aromatic rings. The van der Waals surface area contributed by atoms with Crippen molar-refractivity contribution in [2.24, 2.45) is 0 Å². The molecule has 0 atom stereocenters. The summed E-state index contributed by atoms with van der Waals surface area (Å²) in [5.41, 5.74) is 3.20. The van der Waals surface area contributed by atoms with Gasteiger partial charge in [0.1, 0.15) is 0 Å². The molecular weight excluding hydrogens is 417 g/mol. The fourth-order valence-electron chi connectivity index (χ4n) is 3.38. The van der Waals surface area contributed by atoms with Crippen LogP contribution in [0.4, 0.5) is 30.8 Å². The maximum absolute atomic E-state index is 13.2. The van der Waals surface area contributed by atoms with E-state index in [1.165, 1.54) is 11.0 Å². The first-order valence-corrected chi connectivity index (χ1v) is 10.2. The highest BCUT2D eigenvalue weighted by Gasteiger charge is 2.36. The normalized spacial score (nSPS) is 14.1. The van der Waals surface area contributed by atoms with Gasteiger partial charge in [-0.2, -0.15) is 18.2 Å². The van der Waals surface area contributed by atoms with Gasteiger partial charge in [-0.25, -0.2) is 4.68 Å². The van der Waals surface area contributed by atoms with Gasteiger partial charge in [-0.05, 0) is 62.2 Å². The van der Waals surface area contributed by atoms with Crippen molar-refractivity contribution in [3.8, 4) is 11.1 Å². The summed E-state index contributed by atoms with van der Waals surface area (Å²) in [4.78, 5) is 10.1. The minimum absolute atomic E-state index is 0.0843. The number of hydrogen-bond donors (Lipinski definition) is 1. The lowest BCUT2D eigenvalue weighted by Crippen LogP contribution is -2.30. The first-order valence-electron chi connectivity index (χ1n) is 10.2. The number of nitrogens with one attached hydrogen (secondary N) is 1. The minimum Gasteiger partial charge on any atom is -0.323 e. The van der Waals surface area contributed by atoms with Crippen LogP contribution in [0.25, 0.3) is 11.1 Å². The van der Waals surface area contributed by atoms with Gasteiger partial charge in [-0.3, -0.25) is 4.98 Å². The van der Waals surface area contributed by atoms with Crippen LogP contribution < -0.4 is 10.2 Å². The molecule has 0 bridgehead atoms. The van der Waals surface area contributed by atoms with Crippen LogP contribution in [0.3, 0.4) is 0 Å². The number of halogens is 3. The van der Waals surface area contributed by atoms with E-state index < -0.39 is 11.7 Å². The first kappa shape index (κ1) is 21.6. The van der Waals surface area contributed by atoms with E-state index in [1.54, 1.807) is 17.1 Å². The number of rotatable bonds is 5. The van der Waals surface area contributed by atoms with Crippen LogP contribution in [0, 0.1) is 6.92 Å². The number of aryl methyl sites for hydroxylation is 1. The van der Waals surface area contributed by atoms with Gasteiger partial charge in [0.05, 0.1) is 18.2 Å². The summed E-state index contributed by atoms with van der Waals surface area (Å²) in [6.07, 6.45) is 1.42. The van der Waals surface area contributed by atoms with E-state index in [1.807, 2.05) is 57.2 Å². The van der Waals surface area contributed by atoms with E-state index in [0.717, 1.165) is 28.6 Å². The summed E-state index contributed by atoms with van der Waals surface area (Å²) in [5, 5.41) is 7.62. The van der Waals surface area contributed by atoms with Gasteiger partial charge in [0, 0.05) is 23.8 Å². The minimum atomic E-state index is -4.39. The Morgan fingerprint density at radius 1 is 1.06 bits per heavy atom. The molecule has 0 unspecified atom stereocenters. The van der Waals surface area contributed by atoms with E-state index in [9.17, 15) is 13.2 Å². The monoisotopic (exact) mass is 440 g/mol. The van der Waals surface area contributed by atoms with Crippen LogP contribution in [0.5, 0.6) is 0 Å². The Morgan fingerprint density at radius 2 is 1.81 bits per heavy atom. The highest BCUT2D eigenvalue weighted by molar-refractivity contribution is 5.67. The van der Waals surface area contributed by atoms with Gasteiger partial charge < -0.3 is 10.2 Å². The third-order valence-electron chi connectivity index (χ3n) is 5.00. The number of anilines is 3. The molecule has 32 heavy (non-hydrogen) atoms. The lowest BCUT2D eigenvalue weighted by Gasteiger charge is -2.25. The molecule has 0 aliphatic carbocycles. The Bertz CT molecular complexity index is 1160. The molecule has 0 saturated heterocycles. The van der Waals surface area contributed by atoms with Crippen molar-refractivity contribution in [2.75, 3.05) is 16.8 Å². The van der Waals surface area contributed by atoms with E-state index in [0.29, 0.717) is 11.9 Å². The van der Waals surface area contributed by atoms with Gasteiger partial charge in [0.25, 0.3) is 0 Å². The number of nitrogens with zero attached hydrogens (tertiary/aromatic N) is 5. The Hall–Kier alpha value is -3.62. The quantitative estimate of drug-likeness (QED) is 0.544. The van der Waals surface area contributed by atoms with Crippen molar-refractivity contribution in [2.45, 2.75) is 33.0 Å². The third kappa shape index (κ3) is 4.66. The average molecular weight is 440 g/mol. The number of alkyl halides is 3. The summed E-state index contributed by atoms with van der Waals surface area (Å²) in [7, 11) is 0. The zero-order valence-electron chi connectivity index (χ0n) is 17.9. The Kier molecular flexibility index (Phi) is 5.73. The number of pyridine rings is 1. The molecule has 166 valence electrons. The zero-order chi connectivity index (χ0) is 22.9. The van der Waals surface area contributed by atoms with Crippen molar-refractivity contribution in [1.29, 1.82) is 0 Å². The molecule has 0 fully saturated rings. The topological polar surface area (TPSA) is 58.9 Å². The van der Waals surface area contributed by atoms with Crippen molar-refractivity contribution in [3.63, 3.8) is 0 Å². The molecule has 0 saturated carbocycles. The van der Waals surface area contributed by atoms with Crippen molar-refractivity contribution >= 4 is 17.6 Å². The van der Waals surface area contributed by atoms with E-state index in [2.05, 4.69) is 20.4 Å². The molecule has 1 aliphatic rings. The Morgan fingerprint density at radius 3 is 2.47 bits per heavy atom. The molecule has 4 rings (SSSR count). The van der Waals surface area contributed by atoms with Crippen LogP contribution in [-0.4, -0.2) is 32.5 Å². The second-order valence-corrected chi connectivity index (χ2v) is 7.82. The summed E-state index contributed by atoms with van der Waals surface area (Å²) in [5.74, 6) is 0.662. The van der Waals surface area contributed by atoms with Gasteiger partial charge >= 0.3 is 6.18 Å². The average Bonchev–Trinajstić information content (AvgIpc) is 3.18. The molecule has 3 heterocycles. The second-order valence-electron chi connectivity index (χ2n) is 7.82. The maximum atomic E-state index is 13.2. The molecule has 0 radical (unpaired) electrons. The predicted octanol–water partition coefficient (Wildman–Crippen LogP) is 5.80. The molecule has 2 aromatic heterocycles. The highest BCUT2D eigenvalue weighted by atomic mass is 19.4. The molecule has 1 aromatic carbocycles. The smallest absolute Gasteiger partial charge is 0.323 e. The van der Waals surface area contributed by atoms with Crippen molar-refractivity contribution in [1.82, 2.24) is 19.7 Å². The molecule has 1 aliphatic heterocycles. The SMILES string of the molecule is Cc1cc(-c2ccc(Nc3nc(N4C=CC=C(C(F)(F)F)C4)n(C(C)C)n3)cc2)ccn1. The van der Waals surface area contributed by atoms with Crippen LogP contribution in [0.2, 0.25) is 0 Å². The highest BCUT2D eigenvalue weighted by Crippen LogP contribution is 2.31. The zero-order valence-corrected chi connectivity index (χ0v) is 17.9. The van der Waals surface area contributed by atoms with E-state index >= 15 is 0 Å². The lowest BCUT2D eigenvalue weighted by molar-refractivity contribution is -0.0923. The van der Waals surface area contributed by atoms with Gasteiger partial charge in [-0.1, -0.05) is 18.2 Å². The Labute approximate surface area is 184 Å². The van der Waals surface area contributed by atoms with Crippen molar-refractivity contribution in [3.05, 3.63) is 72.2 Å². The van der Waals surface area contributed by atoms with Gasteiger partial charge in [0.15, 0.2) is 0 Å². The molecule has 0 amide bonds. The predicted molar refractivity (Wildman–Crippen MR) is 119 cm³/mol. The van der Waals surface area contributed by atoms with Crippen molar-refractivity contribution < 1.29 is 13.2 Å². The van der Waals surface area contributed by atoms with Crippen LogP contribution in [-0.2, 0) is 0 Å². The van der Waals surface area contributed by atoms with E-state index in [-0.39, 0.29) is 12.6 Å². The fraction of sp³-hybridized carbons (Fsp3) is 0.261. The standard InChI is InChI=1S/C23H23F3N6/c1-15(2)32-22(31-12-4-5-19(14-31)23(24,25)26)29-21(30-32)28-20-8-6-17(7-9-20)18-10-11-27-16(3)13-18/h4-13,15H,14H2,1-3H3,(H,28,30). The number of benzene rings is 1. The number of hydrogen-bond acceptors (Lipinski definition) is 5. The largest absolute Gasteiger partial charge is 0.414 e. The summed E-state index contributed by atoms with van der Waals surface area (Å²) in [6, 6.07) is 11.6. The molecule has 6 nitrogen and oxygen atoms in total. The lowest BCUT2D eigenvalue weighted by atomic mass is 10.1. The molecule has 0 spiro atoms. The number of allylic oxidation sites excluding steroid dienone is 2. The fourth-order valence-corrected chi connectivity index (χ4v) is 3.38. The van der Waals surface area contributed by atoms with Crippen LogP contribution in [0.15, 0.2) is 66.5 Å². The molecular formula is C23H23F3N6. The number of aromatic nitrogens is 4. The summed E-state index contributed by atoms with van der Waals surface area (Å²) < 4.78 is 41.1. The van der Waals surface area contributed by atoms with Gasteiger partial charge in [0.2, 0.25) is 11.9 Å². The molecule has 1 N–H and O–H groups in total. The molecule has 9 heteroatoms. The first-order chi connectivity index (χ1) is 15.2. The van der Waals surface area contributed by atoms with E-state index in [4.69, 9.17) is 0 Å². The summed E-state index contributed by atoms with van der Waals surface area (Å²) in [6.45, 7) is 5.44.